The molecule has 0 bridgehead atoms. The Bertz CT molecular complexity index is 676. The van der Waals surface area contributed by atoms with Gasteiger partial charge in [-0.25, -0.2) is 0 Å². The van der Waals surface area contributed by atoms with Gasteiger partial charge in [-0.15, -0.1) is 0 Å². The van der Waals surface area contributed by atoms with E-state index in [2.05, 4.69) is 0 Å². The van der Waals surface area contributed by atoms with E-state index >= 15 is 0 Å². The van der Waals surface area contributed by atoms with Gasteiger partial charge >= 0.3 is 11.9 Å². The number of ketones is 2. The van der Waals surface area contributed by atoms with Gasteiger partial charge < -0.3 is 14.3 Å². The Hall–Kier alpha value is -2.50. The highest BCUT2D eigenvalue weighted by Crippen LogP contribution is 2.37. The highest BCUT2D eigenvalue weighted by Gasteiger charge is 2.43. The zero-order valence-corrected chi connectivity index (χ0v) is 16.6. The Labute approximate surface area is 160 Å². The molecule has 1 aromatic rings. The third kappa shape index (κ3) is 6.31. The molecule has 0 fully saturated rings. The van der Waals surface area contributed by atoms with Crippen molar-refractivity contribution in [1.82, 2.24) is 0 Å². The molecule has 0 radical (unpaired) electrons. The van der Waals surface area contributed by atoms with Gasteiger partial charge in [-0.1, -0.05) is 29.8 Å². The van der Waals surface area contributed by atoms with E-state index in [0.717, 1.165) is 5.56 Å². The molecule has 1 aromatic carbocycles. The molecular weight excluding hydrogens is 348 g/mol. The highest BCUT2D eigenvalue weighted by molar-refractivity contribution is 6.00. The Morgan fingerprint density at radius 1 is 0.889 bits per heavy atom. The molecule has 3 unspecified atom stereocenters. The fourth-order valence-corrected chi connectivity index (χ4v) is 3.16. The van der Waals surface area contributed by atoms with Crippen LogP contribution in [0.4, 0.5) is 0 Å². The van der Waals surface area contributed by atoms with Crippen LogP contribution in [0.25, 0.3) is 0 Å². The standard InChI is InChI=1S/C21H28O6/c1-6-26-20(24)17(12-14(4)22)19(16-10-8-13(3)9-11-16)18(15(5)23)21(25)27-7-2/h8-11,17-19H,6-7,12H2,1-5H3. The van der Waals surface area contributed by atoms with E-state index in [1.807, 2.05) is 19.1 Å². The van der Waals surface area contributed by atoms with E-state index in [0.29, 0.717) is 5.56 Å². The molecule has 0 saturated carbocycles. The van der Waals surface area contributed by atoms with Gasteiger partial charge in [-0.05, 0) is 40.2 Å². The molecule has 0 spiro atoms. The van der Waals surface area contributed by atoms with E-state index in [1.54, 1.807) is 26.0 Å². The summed E-state index contributed by atoms with van der Waals surface area (Å²) in [7, 11) is 0. The lowest BCUT2D eigenvalue weighted by Crippen LogP contribution is -2.38. The third-order valence-corrected chi connectivity index (χ3v) is 4.33. The number of hydrogen-bond donors (Lipinski definition) is 0. The minimum atomic E-state index is -1.19. The van der Waals surface area contributed by atoms with Crippen LogP contribution in [-0.2, 0) is 28.7 Å². The Morgan fingerprint density at radius 3 is 1.85 bits per heavy atom. The van der Waals surface area contributed by atoms with Gasteiger partial charge in [-0.2, -0.15) is 0 Å². The second-order valence-electron chi connectivity index (χ2n) is 6.54. The predicted molar refractivity (Wildman–Crippen MR) is 100 cm³/mol. The number of hydrogen-bond acceptors (Lipinski definition) is 6. The highest BCUT2D eigenvalue weighted by atomic mass is 16.5. The number of benzene rings is 1. The zero-order chi connectivity index (χ0) is 20.6. The van der Waals surface area contributed by atoms with Crippen LogP contribution in [0.5, 0.6) is 0 Å². The fourth-order valence-electron chi connectivity index (χ4n) is 3.16. The first-order valence-electron chi connectivity index (χ1n) is 9.12. The van der Waals surface area contributed by atoms with E-state index in [9.17, 15) is 19.2 Å². The van der Waals surface area contributed by atoms with Crippen molar-refractivity contribution in [1.29, 1.82) is 0 Å². The van der Waals surface area contributed by atoms with E-state index < -0.39 is 35.5 Å². The van der Waals surface area contributed by atoms with Crippen LogP contribution in [-0.4, -0.2) is 36.7 Å². The SMILES string of the molecule is CCOC(=O)C(CC(C)=O)C(c1ccc(C)cc1)C(C(C)=O)C(=O)OCC. The van der Waals surface area contributed by atoms with Crippen molar-refractivity contribution >= 4 is 23.5 Å². The molecular formula is C21H28O6. The topological polar surface area (TPSA) is 86.7 Å². The lowest BCUT2D eigenvalue weighted by molar-refractivity contribution is -0.156. The van der Waals surface area contributed by atoms with Crippen LogP contribution in [0, 0.1) is 18.8 Å². The van der Waals surface area contributed by atoms with E-state index in [1.165, 1.54) is 13.8 Å². The molecule has 0 aliphatic rings. The molecule has 1 rings (SSSR count). The first kappa shape index (κ1) is 22.5. The van der Waals surface area contributed by atoms with Gasteiger partial charge in [0.15, 0.2) is 0 Å². The number of carbonyl (C=O) groups excluding carboxylic acids is 4. The summed E-state index contributed by atoms with van der Waals surface area (Å²) in [6, 6.07) is 7.20. The summed E-state index contributed by atoms with van der Waals surface area (Å²) >= 11 is 0. The van der Waals surface area contributed by atoms with E-state index in [-0.39, 0.29) is 25.4 Å². The summed E-state index contributed by atoms with van der Waals surface area (Å²) in [4.78, 5) is 49.4. The van der Waals surface area contributed by atoms with E-state index in [4.69, 9.17) is 9.47 Å². The number of ether oxygens (including phenoxy) is 2. The predicted octanol–water partition coefficient (Wildman–Crippen LogP) is 3.01. The lowest BCUT2D eigenvalue weighted by atomic mass is 9.73. The smallest absolute Gasteiger partial charge is 0.317 e. The van der Waals surface area contributed by atoms with Gasteiger partial charge in [0, 0.05) is 12.3 Å². The average Bonchev–Trinajstić information content (AvgIpc) is 2.58. The Balaban J connectivity index is 3.54. The summed E-state index contributed by atoms with van der Waals surface area (Å²) in [5, 5.41) is 0. The molecule has 27 heavy (non-hydrogen) atoms. The molecule has 6 heteroatoms. The monoisotopic (exact) mass is 376 g/mol. The normalized spacial score (nSPS) is 14.0. The summed E-state index contributed by atoms with van der Waals surface area (Å²) < 4.78 is 10.2. The second kappa shape index (κ2) is 10.6. The first-order valence-corrected chi connectivity index (χ1v) is 9.12. The number of rotatable bonds is 10. The maximum Gasteiger partial charge on any atom is 0.317 e. The molecule has 0 aliphatic carbocycles. The largest absolute Gasteiger partial charge is 0.466 e. The van der Waals surface area contributed by atoms with Crippen molar-refractivity contribution in [2.24, 2.45) is 11.8 Å². The summed E-state index contributed by atoms with van der Waals surface area (Å²) in [5.74, 6) is -4.94. The molecule has 0 aromatic heterocycles. The van der Waals surface area contributed by atoms with Crippen molar-refractivity contribution in [2.75, 3.05) is 13.2 Å². The van der Waals surface area contributed by atoms with Crippen molar-refractivity contribution in [2.45, 2.75) is 47.0 Å². The van der Waals surface area contributed by atoms with Gasteiger partial charge in [-0.3, -0.25) is 14.4 Å². The van der Waals surface area contributed by atoms with Gasteiger partial charge in [0.05, 0.1) is 19.1 Å². The number of carbonyl (C=O) groups is 4. The molecule has 148 valence electrons. The van der Waals surface area contributed by atoms with Crippen LogP contribution >= 0.6 is 0 Å². The number of esters is 2. The van der Waals surface area contributed by atoms with Crippen LogP contribution in [0.2, 0.25) is 0 Å². The minimum Gasteiger partial charge on any atom is -0.466 e. The summed E-state index contributed by atoms with van der Waals surface area (Å²) in [6.07, 6.45) is -0.124. The maximum absolute atomic E-state index is 12.6. The quantitative estimate of drug-likeness (QED) is 0.461. The molecule has 0 heterocycles. The third-order valence-electron chi connectivity index (χ3n) is 4.33. The molecule has 3 atom stereocenters. The minimum absolute atomic E-state index is 0.111. The Morgan fingerprint density at radius 2 is 1.41 bits per heavy atom. The van der Waals surface area contributed by atoms with Crippen molar-refractivity contribution in [3.05, 3.63) is 35.4 Å². The van der Waals surface area contributed by atoms with Crippen molar-refractivity contribution in [3.8, 4) is 0 Å². The average molecular weight is 376 g/mol. The maximum atomic E-state index is 12.6. The molecule has 0 amide bonds. The molecule has 0 N–H and O–H groups in total. The fraction of sp³-hybridized carbons (Fsp3) is 0.524. The molecule has 6 nitrogen and oxygen atoms in total. The Kier molecular flexibility index (Phi) is 8.85. The molecule has 0 saturated heterocycles. The number of aryl methyl sites for hydroxylation is 1. The zero-order valence-electron chi connectivity index (χ0n) is 16.6. The second-order valence-corrected chi connectivity index (χ2v) is 6.54. The lowest BCUT2D eigenvalue weighted by Gasteiger charge is -2.30. The number of Topliss-reactive ketones (excluding diaryl/α,β-unsaturated/α-hetero) is 2. The van der Waals surface area contributed by atoms with Crippen LogP contribution in [0.1, 0.15) is 51.2 Å². The summed E-state index contributed by atoms with van der Waals surface area (Å²) in [5.41, 5.74) is 1.61. The van der Waals surface area contributed by atoms with Crippen LogP contribution < -0.4 is 0 Å². The van der Waals surface area contributed by atoms with Crippen molar-refractivity contribution < 1.29 is 28.7 Å². The summed E-state index contributed by atoms with van der Waals surface area (Å²) in [6.45, 7) is 8.12. The van der Waals surface area contributed by atoms with Gasteiger partial charge in [0.25, 0.3) is 0 Å². The van der Waals surface area contributed by atoms with Crippen LogP contribution in [0.3, 0.4) is 0 Å². The van der Waals surface area contributed by atoms with Gasteiger partial charge in [0.1, 0.15) is 17.5 Å². The van der Waals surface area contributed by atoms with Gasteiger partial charge in [0.2, 0.25) is 0 Å². The first-order chi connectivity index (χ1) is 12.7. The van der Waals surface area contributed by atoms with Crippen LogP contribution in [0.15, 0.2) is 24.3 Å². The molecule has 0 aliphatic heterocycles. The van der Waals surface area contributed by atoms with Crippen molar-refractivity contribution in [3.63, 3.8) is 0 Å².